The third-order valence-electron chi connectivity index (χ3n) is 5.82. The van der Waals surface area contributed by atoms with Gasteiger partial charge in [0.2, 0.25) is 0 Å². The van der Waals surface area contributed by atoms with Crippen molar-refractivity contribution in [2.24, 2.45) is 0 Å². The Labute approximate surface area is 149 Å². The minimum Gasteiger partial charge on any atom is -0.0654 e. The number of fused-ring (bicyclic) bond motifs is 2. The molecule has 2 aromatic carbocycles. The summed E-state index contributed by atoms with van der Waals surface area (Å²) in [5.41, 5.74) is 5.08. The first kappa shape index (κ1) is 16.8. The third-order valence-corrected chi connectivity index (χ3v) is 15.4. The van der Waals surface area contributed by atoms with Gasteiger partial charge in [-0.15, -0.1) is 0 Å². The van der Waals surface area contributed by atoms with E-state index in [-0.39, 0.29) is 15.2 Å². The Kier molecular flexibility index (Phi) is 5.08. The zero-order chi connectivity index (χ0) is 16.5. The lowest BCUT2D eigenvalue weighted by Crippen LogP contribution is -2.29. The molecule has 2 fully saturated rings. The fraction of sp³-hybridized carbons (Fsp3) is 0.455. The maximum Gasteiger partial charge on any atom is -0.0123 e. The Balaban J connectivity index is 1.85. The van der Waals surface area contributed by atoms with E-state index >= 15 is 0 Å². The molecule has 0 nitrogen and oxygen atoms in total. The summed E-state index contributed by atoms with van der Waals surface area (Å²) in [6, 6.07) is 18.5. The van der Waals surface area contributed by atoms with Gasteiger partial charge in [0.15, 0.2) is 0 Å². The van der Waals surface area contributed by atoms with Gasteiger partial charge in [0.1, 0.15) is 0 Å². The van der Waals surface area contributed by atoms with Gasteiger partial charge >= 0.3 is 0 Å². The molecule has 2 aliphatic rings. The first-order chi connectivity index (χ1) is 11.8. The highest BCUT2D eigenvalue weighted by Crippen LogP contribution is 2.78. The summed E-state index contributed by atoms with van der Waals surface area (Å²) in [7, 11) is -0.0724. The molecule has 2 heteroatoms. The van der Waals surface area contributed by atoms with Crippen molar-refractivity contribution in [2.75, 3.05) is 0 Å². The second kappa shape index (κ2) is 7.27. The molecule has 2 saturated heterocycles. The number of hydrogen-bond donors (Lipinski definition) is 0. The summed E-state index contributed by atoms with van der Waals surface area (Å²) in [5.74, 6) is 0. The standard InChI is InChI=1S/C22H28P2/c1-17-9-3-5-15-21(17)24(22-16-6-4-10-18(22)2)23-19-11-7-12-20(23)14-8-13-19/h3-6,9-10,15-16,19-20H,7-8,11-14H2,1-2H3. The van der Waals surface area contributed by atoms with Crippen molar-refractivity contribution < 1.29 is 0 Å². The number of aryl methyl sites for hydroxylation is 2. The molecule has 0 amide bonds. The molecule has 0 aromatic heterocycles. The van der Waals surface area contributed by atoms with Crippen molar-refractivity contribution in [1.29, 1.82) is 0 Å². The maximum absolute atomic E-state index is 2.44. The lowest BCUT2D eigenvalue weighted by molar-refractivity contribution is 0.481. The molecule has 2 aromatic rings. The van der Waals surface area contributed by atoms with Gasteiger partial charge in [-0.05, 0) is 80.2 Å². The van der Waals surface area contributed by atoms with Gasteiger partial charge in [-0.25, -0.2) is 0 Å². The van der Waals surface area contributed by atoms with Crippen molar-refractivity contribution >= 4 is 25.8 Å². The third kappa shape index (κ3) is 3.09. The van der Waals surface area contributed by atoms with E-state index in [2.05, 4.69) is 62.4 Å². The Hall–Kier alpha value is -0.700. The zero-order valence-electron chi connectivity index (χ0n) is 14.9. The molecule has 2 bridgehead atoms. The summed E-state index contributed by atoms with van der Waals surface area (Å²) in [5, 5.41) is 3.35. The van der Waals surface area contributed by atoms with Gasteiger partial charge in [-0.1, -0.05) is 69.0 Å². The molecule has 2 heterocycles. The van der Waals surface area contributed by atoms with Gasteiger partial charge in [0.05, 0.1) is 0 Å². The van der Waals surface area contributed by atoms with Crippen molar-refractivity contribution in [2.45, 2.75) is 63.7 Å². The molecule has 0 radical (unpaired) electrons. The van der Waals surface area contributed by atoms with Crippen LogP contribution in [0.15, 0.2) is 48.5 Å². The van der Waals surface area contributed by atoms with Crippen LogP contribution in [-0.2, 0) is 0 Å². The van der Waals surface area contributed by atoms with Crippen LogP contribution in [0.1, 0.15) is 49.7 Å². The molecular formula is C22H28P2. The van der Waals surface area contributed by atoms with Crippen LogP contribution in [-0.4, -0.2) is 11.3 Å². The van der Waals surface area contributed by atoms with Crippen LogP contribution in [0.4, 0.5) is 0 Å². The van der Waals surface area contributed by atoms with Gasteiger partial charge in [-0.2, -0.15) is 0 Å². The van der Waals surface area contributed by atoms with Gasteiger partial charge in [0.25, 0.3) is 0 Å². The average Bonchev–Trinajstić information content (AvgIpc) is 2.58. The second-order valence-electron chi connectivity index (χ2n) is 7.43. The fourth-order valence-corrected chi connectivity index (χ4v) is 15.9. The normalized spacial score (nSPS) is 26.5. The van der Waals surface area contributed by atoms with E-state index in [1.807, 2.05) is 0 Å². The number of benzene rings is 2. The van der Waals surface area contributed by atoms with Crippen LogP contribution in [0.3, 0.4) is 0 Å². The lowest BCUT2D eigenvalue weighted by atomic mass is 9.99. The highest BCUT2D eigenvalue weighted by Gasteiger charge is 2.42. The first-order valence-electron chi connectivity index (χ1n) is 9.45. The Bertz CT molecular complexity index is 641. The van der Waals surface area contributed by atoms with E-state index in [0.29, 0.717) is 0 Å². The van der Waals surface area contributed by atoms with Gasteiger partial charge < -0.3 is 0 Å². The molecule has 2 aliphatic heterocycles. The molecule has 4 rings (SSSR count). The van der Waals surface area contributed by atoms with Crippen LogP contribution in [0.2, 0.25) is 0 Å². The predicted molar refractivity (Wildman–Crippen MR) is 111 cm³/mol. The maximum atomic E-state index is 2.44. The van der Waals surface area contributed by atoms with Crippen LogP contribution < -0.4 is 10.6 Å². The van der Waals surface area contributed by atoms with E-state index in [0.717, 1.165) is 11.3 Å². The van der Waals surface area contributed by atoms with Gasteiger partial charge in [0, 0.05) is 0 Å². The highest BCUT2D eigenvalue weighted by atomic mass is 32.1. The quantitative estimate of drug-likeness (QED) is 0.573. The monoisotopic (exact) mass is 354 g/mol. The zero-order valence-corrected chi connectivity index (χ0v) is 16.7. The first-order valence-corrected chi connectivity index (χ1v) is 13.0. The molecule has 0 atom stereocenters. The topological polar surface area (TPSA) is 0 Å². The second-order valence-corrected chi connectivity index (χ2v) is 13.8. The SMILES string of the molecule is Cc1ccccc1P(c1ccccc1C)P1C2CCCC1CCC2. The van der Waals surface area contributed by atoms with E-state index in [9.17, 15) is 0 Å². The van der Waals surface area contributed by atoms with Crippen LogP contribution in [0.5, 0.6) is 0 Å². The molecule has 0 aliphatic carbocycles. The Morgan fingerprint density at radius 3 is 1.54 bits per heavy atom. The van der Waals surface area contributed by atoms with Crippen LogP contribution in [0.25, 0.3) is 0 Å². The molecule has 0 saturated carbocycles. The highest BCUT2D eigenvalue weighted by molar-refractivity contribution is 8.36. The molecular weight excluding hydrogens is 326 g/mol. The average molecular weight is 354 g/mol. The van der Waals surface area contributed by atoms with Crippen molar-refractivity contribution in [3.05, 3.63) is 59.7 Å². The summed E-state index contributed by atoms with van der Waals surface area (Å²) in [6.45, 7) is 4.66. The summed E-state index contributed by atoms with van der Waals surface area (Å²) >= 11 is 0. The van der Waals surface area contributed by atoms with Gasteiger partial charge in [-0.3, -0.25) is 0 Å². The summed E-state index contributed by atoms with van der Waals surface area (Å²) in [6.07, 6.45) is 8.97. The molecule has 0 unspecified atom stereocenters. The fourth-order valence-electron chi connectivity index (χ4n) is 4.60. The Morgan fingerprint density at radius 1 is 0.708 bits per heavy atom. The smallest absolute Gasteiger partial charge is 0.0123 e. The van der Waals surface area contributed by atoms with Crippen LogP contribution >= 0.6 is 15.2 Å². The number of hydrogen-bond acceptors (Lipinski definition) is 0. The van der Waals surface area contributed by atoms with Crippen LogP contribution in [0, 0.1) is 13.8 Å². The van der Waals surface area contributed by atoms with E-state index in [1.165, 1.54) is 49.7 Å². The van der Waals surface area contributed by atoms with Crippen molar-refractivity contribution in [1.82, 2.24) is 0 Å². The Morgan fingerprint density at radius 2 is 1.12 bits per heavy atom. The molecule has 126 valence electrons. The largest absolute Gasteiger partial charge is 0.0654 e. The molecule has 0 N–H and O–H groups in total. The minimum absolute atomic E-state index is 0.107. The number of rotatable bonds is 3. The lowest BCUT2D eigenvalue weighted by Gasteiger charge is -2.47. The minimum atomic E-state index is -0.179. The van der Waals surface area contributed by atoms with E-state index in [1.54, 1.807) is 10.6 Å². The molecule has 24 heavy (non-hydrogen) atoms. The summed E-state index contributed by atoms with van der Waals surface area (Å²) in [4.78, 5) is 0. The van der Waals surface area contributed by atoms with E-state index in [4.69, 9.17) is 0 Å². The van der Waals surface area contributed by atoms with Crippen molar-refractivity contribution in [3.63, 3.8) is 0 Å². The van der Waals surface area contributed by atoms with Crippen molar-refractivity contribution in [3.8, 4) is 0 Å². The summed E-state index contributed by atoms with van der Waals surface area (Å²) < 4.78 is 0. The predicted octanol–water partition coefficient (Wildman–Crippen LogP) is 6.24. The molecule has 0 spiro atoms. The van der Waals surface area contributed by atoms with E-state index < -0.39 is 0 Å².